The van der Waals surface area contributed by atoms with Crippen molar-refractivity contribution < 1.29 is 28.5 Å². The predicted octanol–water partition coefficient (Wildman–Crippen LogP) is 20.2. The molecule has 0 aliphatic rings. The molecular formula is C60H95I2NO6. The molecule has 0 unspecified atom stereocenters. The highest BCUT2D eigenvalue weighted by Gasteiger charge is 2.19. The molecule has 1 N–H and O–H groups in total. The Bertz CT molecular complexity index is 1660. The van der Waals surface area contributed by atoms with Gasteiger partial charge in [-0.05, 0) is 108 Å². The van der Waals surface area contributed by atoms with Gasteiger partial charge in [-0.3, -0.25) is 4.79 Å². The molecule has 1 amide bonds. The van der Waals surface area contributed by atoms with Crippen molar-refractivity contribution in [3.8, 4) is 34.5 Å². The maximum atomic E-state index is 12.4. The fourth-order valence-corrected chi connectivity index (χ4v) is 9.74. The highest BCUT2D eigenvalue weighted by atomic mass is 127. The summed E-state index contributed by atoms with van der Waals surface area (Å²) >= 11 is 4.68. The first-order valence-corrected chi connectivity index (χ1v) is 30.3. The van der Waals surface area contributed by atoms with Gasteiger partial charge in [-0.2, -0.15) is 0 Å². The maximum absolute atomic E-state index is 12.4. The van der Waals surface area contributed by atoms with Gasteiger partial charge in [-0.25, -0.2) is 0 Å². The van der Waals surface area contributed by atoms with E-state index < -0.39 is 0 Å². The van der Waals surface area contributed by atoms with E-state index in [9.17, 15) is 4.79 Å². The molecule has 0 radical (unpaired) electrons. The van der Waals surface area contributed by atoms with Crippen molar-refractivity contribution in [1.82, 2.24) is 0 Å². The first-order chi connectivity index (χ1) is 33.9. The third-order valence-electron chi connectivity index (χ3n) is 12.8. The van der Waals surface area contributed by atoms with Crippen molar-refractivity contribution in [2.75, 3.05) is 31.7 Å². The number of anilines is 1. The van der Waals surface area contributed by atoms with Crippen molar-refractivity contribution in [2.45, 2.75) is 239 Å². The molecule has 69 heavy (non-hydrogen) atoms. The summed E-state index contributed by atoms with van der Waals surface area (Å²) < 4.78 is 34.8. The molecule has 0 bridgehead atoms. The van der Waals surface area contributed by atoms with Crippen molar-refractivity contribution in [3.63, 3.8) is 0 Å². The molecule has 0 atom stereocenters. The fraction of sp³-hybridized carbons (Fsp3) is 0.683. The lowest BCUT2D eigenvalue weighted by molar-refractivity contribution is -0.116. The summed E-state index contributed by atoms with van der Waals surface area (Å²) in [5.41, 5.74) is 0.838. The summed E-state index contributed by atoms with van der Waals surface area (Å²) in [5.74, 6) is 4.45. The molecule has 0 aliphatic heterocycles. The number of carbonyl (C=O) groups is 1. The van der Waals surface area contributed by atoms with Crippen LogP contribution >= 0.6 is 45.2 Å². The zero-order valence-electron chi connectivity index (χ0n) is 43.8. The van der Waals surface area contributed by atoms with Gasteiger partial charge in [0.25, 0.3) is 0 Å². The largest absolute Gasteiger partial charge is 0.492 e. The van der Waals surface area contributed by atoms with Gasteiger partial charge in [0.15, 0.2) is 11.5 Å². The van der Waals surface area contributed by atoms with Crippen molar-refractivity contribution >= 4 is 56.8 Å². The number of rotatable bonds is 46. The quantitative estimate of drug-likeness (QED) is 0.0449. The van der Waals surface area contributed by atoms with E-state index in [0.29, 0.717) is 55.8 Å². The second-order valence-electron chi connectivity index (χ2n) is 19.2. The van der Waals surface area contributed by atoms with Gasteiger partial charge in [0.2, 0.25) is 11.7 Å². The van der Waals surface area contributed by atoms with Crippen LogP contribution in [-0.4, -0.2) is 32.3 Å². The molecule has 0 saturated heterocycles. The second-order valence-corrected chi connectivity index (χ2v) is 21.6. The minimum absolute atomic E-state index is 0.0499. The van der Waals surface area contributed by atoms with Crippen LogP contribution in [0.25, 0.3) is 0 Å². The molecular weight excluding hydrogens is 1080 g/mol. The molecule has 7 nitrogen and oxygen atoms in total. The monoisotopic (exact) mass is 1180 g/mol. The van der Waals surface area contributed by atoms with Crippen LogP contribution in [0.3, 0.4) is 0 Å². The fourth-order valence-electron chi connectivity index (χ4n) is 8.59. The minimum Gasteiger partial charge on any atom is -0.492 e. The molecule has 0 aliphatic carbocycles. The van der Waals surface area contributed by atoms with Crippen LogP contribution in [0.2, 0.25) is 0 Å². The number of unbranched alkanes of at least 4 members (excludes halogenated alkanes) is 29. The average Bonchev–Trinajstić information content (AvgIpc) is 3.35. The molecule has 0 saturated carbocycles. The van der Waals surface area contributed by atoms with Crippen molar-refractivity contribution in [1.29, 1.82) is 0 Å². The Kier molecular flexibility index (Phi) is 37.2. The number of hydrogen-bond acceptors (Lipinski definition) is 6. The van der Waals surface area contributed by atoms with Crippen molar-refractivity contribution in [2.24, 2.45) is 0 Å². The first-order valence-electron chi connectivity index (χ1n) is 28.2. The van der Waals surface area contributed by atoms with Crippen LogP contribution in [-0.2, 0) is 4.79 Å². The standard InChI is InChI=1S/C60H95I2NO6/c1-4-7-10-13-16-19-22-25-28-36-44-66-57-47-52(69-56-50-53(61)55(49-54(56)62)65-43-39-32-35-42-59(64)63-51-40-33-31-34-41-51)48-58(67-45-37-29-26-23-20-17-14-11-8-5-2)60(57)68-46-38-30-27-24-21-18-15-12-9-6-3/h31,33-34,40-41,47-50H,4-30,32,35-39,42-46H2,1-3H3,(H,63,64). The van der Waals surface area contributed by atoms with Gasteiger partial charge < -0.3 is 29.0 Å². The van der Waals surface area contributed by atoms with E-state index in [1.165, 1.54) is 173 Å². The summed E-state index contributed by atoms with van der Waals surface area (Å²) in [6, 6.07) is 17.7. The SMILES string of the molecule is CCCCCCCCCCCCOc1cc(Oc2cc(I)c(OCCCCCC(=O)Nc3ccccc3)cc2I)cc(OCCCCCCCCCCCC)c1OCCCCCCCCCCCC. The van der Waals surface area contributed by atoms with Gasteiger partial charge in [0.1, 0.15) is 17.2 Å². The van der Waals surface area contributed by atoms with Crippen LogP contribution in [0.5, 0.6) is 34.5 Å². The summed E-state index contributed by atoms with van der Waals surface area (Å²) in [6.07, 6.45) is 41.7. The molecule has 0 spiro atoms. The molecule has 0 aromatic heterocycles. The Morgan fingerprint density at radius 1 is 0.406 bits per heavy atom. The Balaban J connectivity index is 1.66. The van der Waals surface area contributed by atoms with E-state index in [0.717, 1.165) is 62.9 Å². The van der Waals surface area contributed by atoms with Gasteiger partial charge in [-0.15, -0.1) is 0 Å². The van der Waals surface area contributed by atoms with Crippen LogP contribution in [0.1, 0.15) is 239 Å². The second kappa shape index (κ2) is 42.1. The van der Waals surface area contributed by atoms with Crippen molar-refractivity contribution in [3.05, 3.63) is 61.7 Å². The molecule has 390 valence electrons. The van der Waals surface area contributed by atoms with E-state index in [-0.39, 0.29) is 5.91 Å². The number of carbonyl (C=O) groups excluding carboxylic acids is 1. The lowest BCUT2D eigenvalue weighted by atomic mass is 10.1. The van der Waals surface area contributed by atoms with E-state index >= 15 is 0 Å². The zero-order chi connectivity index (χ0) is 49.3. The minimum atomic E-state index is 0.0499. The molecule has 0 heterocycles. The van der Waals surface area contributed by atoms with Crippen LogP contribution in [0, 0.1) is 7.14 Å². The lowest BCUT2D eigenvalue weighted by Crippen LogP contribution is -2.11. The summed E-state index contributed by atoms with van der Waals surface area (Å²) in [6.45, 7) is 9.35. The van der Waals surface area contributed by atoms with Crippen LogP contribution < -0.4 is 29.0 Å². The molecule has 3 aromatic rings. The highest BCUT2D eigenvalue weighted by Crippen LogP contribution is 2.44. The van der Waals surface area contributed by atoms with E-state index in [4.69, 9.17) is 23.7 Å². The predicted molar refractivity (Wildman–Crippen MR) is 309 cm³/mol. The molecule has 3 aromatic carbocycles. The summed E-state index contributed by atoms with van der Waals surface area (Å²) in [7, 11) is 0. The number of hydrogen-bond donors (Lipinski definition) is 1. The van der Waals surface area contributed by atoms with Gasteiger partial charge in [-0.1, -0.05) is 212 Å². The normalized spacial score (nSPS) is 11.2. The van der Waals surface area contributed by atoms with Gasteiger partial charge in [0, 0.05) is 24.2 Å². The summed E-state index contributed by atoms with van der Waals surface area (Å²) in [4.78, 5) is 12.4. The van der Waals surface area contributed by atoms with Gasteiger partial charge >= 0.3 is 0 Å². The van der Waals surface area contributed by atoms with E-state index in [1.54, 1.807) is 0 Å². The number of halogens is 2. The van der Waals surface area contributed by atoms with E-state index in [2.05, 4.69) is 83.4 Å². The van der Waals surface area contributed by atoms with Crippen LogP contribution in [0.4, 0.5) is 5.69 Å². The molecule has 3 rings (SSSR count). The van der Waals surface area contributed by atoms with E-state index in [1.807, 2.05) is 42.5 Å². The topological polar surface area (TPSA) is 75.3 Å². The highest BCUT2D eigenvalue weighted by molar-refractivity contribution is 14.1. The third kappa shape index (κ3) is 30.3. The van der Waals surface area contributed by atoms with Gasteiger partial charge in [0.05, 0.1) is 33.6 Å². The zero-order valence-corrected chi connectivity index (χ0v) is 48.1. The number of benzene rings is 3. The first kappa shape index (κ1) is 60.9. The third-order valence-corrected chi connectivity index (χ3v) is 14.5. The smallest absolute Gasteiger partial charge is 0.224 e. The number of amides is 1. The Morgan fingerprint density at radius 3 is 1.19 bits per heavy atom. The Hall–Kier alpha value is -2.41. The Morgan fingerprint density at radius 2 is 0.754 bits per heavy atom. The molecule has 9 heteroatoms. The number of ether oxygens (including phenoxy) is 5. The maximum Gasteiger partial charge on any atom is 0.224 e. The lowest BCUT2D eigenvalue weighted by Gasteiger charge is -2.20. The summed E-state index contributed by atoms with van der Waals surface area (Å²) in [5, 5.41) is 2.97. The average molecular weight is 1180 g/mol. The Labute approximate surface area is 449 Å². The number of nitrogens with one attached hydrogen (secondary N) is 1. The molecule has 0 fully saturated rings. The van der Waals surface area contributed by atoms with Crippen LogP contribution in [0.15, 0.2) is 54.6 Å². The number of para-hydroxylation sites is 1.